The van der Waals surface area contributed by atoms with Gasteiger partial charge in [-0.25, -0.2) is 0 Å². The van der Waals surface area contributed by atoms with Crippen LogP contribution in [-0.4, -0.2) is 28.9 Å². The summed E-state index contributed by atoms with van der Waals surface area (Å²) in [7, 11) is 0. The van der Waals surface area contributed by atoms with Gasteiger partial charge in [-0.1, -0.05) is 0 Å². The summed E-state index contributed by atoms with van der Waals surface area (Å²) in [5.74, 6) is -2.58. The summed E-state index contributed by atoms with van der Waals surface area (Å²) in [6.07, 6.45) is -2.97. The monoisotopic (exact) mass is 372 g/mol. The van der Waals surface area contributed by atoms with Gasteiger partial charge in [-0.3, -0.25) is 14.4 Å². The van der Waals surface area contributed by atoms with Gasteiger partial charge >= 0.3 is 12.1 Å². The van der Waals surface area contributed by atoms with Crippen molar-refractivity contribution < 1.29 is 32.7 Å². The van der Waals surface area contributed by atoms with Gasteiger partial charge in [-0.2, -0.15) is 13.2 Å². The Labute approximate surface area is 147 Å². The molecule has 0 unspecified atom stereocenters. The largest absolute Gasteiger partial charge is 0.481 e. The van der Waals surface area contributed by atoms with Crippen molar-refractivity contribution in [2.75, 3.05) is 5.32 Å². The number of halogens is 3. The predicted octanol–water partition coefficient (Wildman–Crippen LogP) is 3.04. The van der Waals surface area contributed by atoms with E-state index in [-0.39, 0.29) is 17.3 Å². The number of nitrogens with one attached hydrogen (secondary N) is 2. The van der Waals surface area contributed by atoms with Crippen LogP contribution < -0.4 is 10.6 Å². The normalized spacial score (nSPS) is 20.3. The Hall–Kier alpha value is -2.58. The Kier molecular flexibility index (Phi) is 5.89. The topological polar surface area (TPSA) is 95.5 Å². The molecule has 26 heavy (non-hydrogen) atoms. The second kappa shape index (κ2) is 7.76. The lowest BCUT2D eigenvalue weighted by Crippen LogP contribution is -2.38. The van der Waals surface area contributed by atoms with Crippen molar-refractivity contribution in [1.29, 1.82) is 0 Å². The second-order valence-electron chi connectivity index (χ2n) is 6.34. The summed E-state index contributed by atoms with van der Waals surface area (Å²) in [5, 5.41) is 13.9. The standard InChI is InChI=1S/C17H19F3N2O4/c1-9(23)21-14-7-11(6-12(8-14)17(18,19)20)15(24)22-13-4-2-10(3-5-13)16(25)26/h6-8,10,13H,2-5H2,1H3,(H,21,23)(H,22,24)(H,25,26). The third-order valence-electron chi connectivity index (χ3n) is 4.25. The highest BCUT2D eigenvalue weighted by atomic mass is 19.4. The number of aliphatic carboxylic acids is 1. The molecule has 0 saturated heterocycles. The minimum atomic E-state index is -4.66. The van der Waals surface area contributed by atoms with E-state index in [0.717, 1.165) is 19.1 Å². The molecule has 9 heteroatoms. The van der Waals surface area contributed by atoms with Crippen molar-refractivity contribution in [3.63, 3.8) is 0 Å². The number of rotatable bonds is 4. The molecular formula is C17H19F3N2O4. The van der Waals surface area contributed by atoms with Gasteiger partial charge in [0.2, 0.25) is 5.91 Å². The van der Waals surface area contributed by atoms with Crippen molar-refractivity contribution in [2.24, 2.45) is 5.92 Å². The number of carboxylic acids is 1. The van der Waals surface area contributed by atoms with Crippen LogP contribution in [0.3, 0.4) is 0 Å². The lowest BCUT2D eigenvalue weighted by molar-refractivity contribution is -0.143. The predicted molar refractivity (Wildman–Crippen MR) is 86.6 cm³/mol. The number of amides is 2. The Morgan fingerprint density at radius 1 is 1.08 bits per heavy atom. The van der Waals surface area contributed by atoms with Crippen LogP contribution in [0.15, 0.2) is 18.2 Å². The van der Waals surface area contributed by atoms with E-state index in [2.05, 4.69) is 10.6 Å². The zero-order chi connectivity index (χ0) is 19.5. The number of carbonyl (C=O) groups is 3. The average molecular weight is 372 g/mol. The molecule has 0 bridgehead atoms. The molecule has 2 amide bonds. The van der Waals surface area contributed by atoms with Gasteiger partial charge in [0.05, 0.1) is 11.5 Å². The first-order chi connectivity index (χ1) is 12.1. The molecule has 1 aliphatic rings. The van der Waals surface area contributed by atoms with Gasteiger partial charge in [0.1, 0.15) is 0 Å². The number of anilines is 1. The van der Waals surface area contributed by atoms with Gasteiger partial charge in [0, 0.05) is 24.2 Å². The highest BCUT2D eigenvalue weighted by molar-refractivity contribution is 5.97. The molecule has 1 aromatic carbocycles. The van der Waals surface area contributed by atoms with Gasteiger partial charge in [0.25, 0.3) is 5.91 Å². The maximum Gasteiger partial charge on any atom is 0.416 e. The molecule has 0 spiro atoms. The maximum absolute atomic E-state index is 13.0. The summed E-state index contributed by atoms with van der Waals surface area (Å²) in [5.41, 5.74) is -1.38. The number of benzene rings is 1. The quantitative estimate of drug-likeness (QED) is 0.757. The fraction of sp³-hybridized carbons (Fsp3) is 0.471. The molecule has 3 N–H and O–H groups in total. The van der Waals surface area contributed by atoms with Crippen molar-refractivity contribution >= 4 is 23.5 Å². The van der Waals surface area contributed by atoms with E-state index in [4.69, 9.17) is 5.11 Å². The van der Waals surface area contributed by atoms with Crippen molar-refractivity contribution in [1.82, 2.24) is 5.32 Å². The summed E-state index contributed by atoms with van der Waals surface area (Å²) in [6, 6.07) is 2.37. The molecule has 0 aliphatic heterocycles. The second-order valence-corrected chi connectivity index (χ2v) is 6.34. The first-order valence-corrected chi connectivity index (χ1v) is 8.10. The first kappa shape index (κ1) is 19.7. The number of alkyl halides is 3. The first-order valence-electron chi connectivity index (χ1n) is 8.10. The fourth-order valence-electron chi connectivity index (χ4n) is 2.95. The minimum absolute atomic E-state index is 0.118. The molecule has 1 fully saturated rings. The molecule has 1 aromatic rings. The summed E-state index contributed by atoms with van der Waals surface area (Å²) in [6.45, 7) is 1.15. The van der Waals surface area contributed by atoms with Gasteiger partial charge in [0.15, 0.2) is 0 Å². The summed E-state index contributed by atoms with van der Waals surface area (Å²) < 4.78 is 39.1. The van der Waals surface area contributed by atoms with E-state index in [1.165, 1.54) is 6.07 Å². The zero-order valence-corrected chi connectivity index (χ0v) is 14.0. The number of hydrogen-bond acceptors (Lipinski definition) is 3. The summed E-state index contributed by atoms with van der Waals surface area (Å²) >= 11 is 0. The molecule has 0 atom stereocenters. The Bertz CT molecular complexity index is 710. The lowest BCUT2D eigenvalue weighted by Gasteiger charge is -2.27. The van der Waals surface area contributed by atoms with Crippen LogP contribution in [0.4, 0.5) is 18.9 Å². The smallest absolute Gasteiger partial charge is 0.416 e. The average Bonchev–Trinajstić information content (AvgIpc) is 2.53. The SMILES string of the molecule is CC(=O)Nc1cc(C(=O)NC2CCC(C(=O)O)CC2)cc(C(F)(F)F)c1. The molecule has 0 radical (unpaired) electrons. The zero-order valence-electron chi connectivity index (χ0n) is 14.0. The molecule has 0 heterocycles. The molecule has 142 valence electrons. The van der Waals surface area contributed by atoms with Crippen molar-refractivity contribution in [2.45, 2.75) is 44.8 Å². The van der Waals surface area contributed by atoms with Crippen LogP contribution in [0.1, 0.15) is 48.5 Å². The van der Waals surface area contributed by atoms with Gasteiger partial charge in [-0.05, 0) is 43.9 Å². The van der Waals surface area contributed by atoms with Crippen LogP contribution in [-0.2, 0) is 15.8 Å². The van der Waals surface area contributed by atoms with Crippen molar-refractivity contribution in [3.05, 3.63) is 29.3 Å². The van der Waals surface area contributed by atoms with E-state index >= 15 is 0 Å². The Morgan fingerprint density at radius 3 is 2.19 bits per heavy atom. The minimum Gasteiger partial charge on any atom is -0.481 e. The van der Waals surface area contributed by atoms with E-state index in [0.29, 0.717) is 25.7 Å². The van der Waals surface area contributed by atoms with E-state index in [1.54, 1.807) is 0 Å². The molecule has 2 rings (SSSR count). The molecular weight excluding hydrogens is 353 g/mol. The Morgan fingerprint density at radius 2 is 1.69 bits per heavy atom. The molecule has 6 nitrogen and oxygen atoms in total. The Balaban J connectivity index is 2.14. The highest BCUT2D eigenvalue weighted by Crippen LogP contribution is 2.32. The molecule has 1 saturated carbocycles. The molecule has 1 aliphatic carbocycles. The van der Waals surface area contributed by atoms with Crippen molar-refractivity contribution in [3.8, 4) is 0 Å². The van der Waals surface area contributed by atoms with Gasteiger partial charge in [-0.15, -0.1) is 0 Å². The fourth-order valence-corrected chi connectivity index (χ4v) is 2.95. The third kappa shape index (κ3) is 5.21. The van der Waals surface area contributed by atoms with Crippen LogP contribution in [0.2, 0.25) is 0 Å². The van der Waals surface area contributed by atoms with Crippen LogP contribution in [0.5, 0.6) is 0 Å². The molecule has 0 aromatic heterocycles. The number of carbonyl (C=O) groups excluding carboxylic acids is 2. The van der Waals surface area contributed by atoms with E-state index < -0.39 is 35.4 Å². The van der Waals surface area contributed by atoms with Crippen LogP contribution in [0.25, 0.3) is 0 Å². The lowest BCUT2D eigenvalue weighted by atomic mass is 9.86. The maximum atomic E-state index is 13.0. The highest BCUT2D eigenvalue weighted by Gasteiger charge is 2.32. The van der Waals surface area contributed by atoms with E-state index in [1.807, 2.05) is 0 Å². The summed E-state index contributed by atoms with van der Waals surface area (Å²) in [4.78, 5) is 34.4. The van der Waals surface area contributed by atoms with Crippen LogP contribution >= 0.6 is 0 Å². The third-order valence-corrected chi connectivity index (χ3v) is 4.25. The number of hydrogen-bond donors (Lipinski definition) is 3. The number of carboxylic acid groups (broad SMARTS) is 1. The van der Waals surface area contributed by atoms with E-state index in [9.17, 15) is 27.6 Å². The van der Waals surface area contributed by atoms with Crippen LogP contribution in [0, 0.1) is 5.92 Å². The van der Waals surface area contributed by atoms with Gasteiger partial charge < -0.3 is 15.7 Å².